The van der Waals surface area contributed by atoms with Crippen molar-refractivity contribution < 1.29 is 13.3 Å². The highest BCUT2D eigenvalue weighted by Gasteiger charge is 2.12. The highest BCUT2D eigenvalue weighted by Crippen LogP contribution is 2.23. The number of nitrogens with two attached hydrogens (primary N) is 1. The first-order valence-electron chi connectivity index (χ1n) is 6.05. The number of hydrogen-bond acceptors (Lipinski definition) is 4. The summed E-state index contributed by atoms with van der Waals surface area (Å²) in [5, 5.41) is 8.91. The molecule has 108 valence electrons. The maximum absolute atomic E-state index is 13.7. The Bertz CT molecular complexity index is 741. The van der Waals surface area contributed by atoms with Crippen molar-refractivity contribution in [3.8, 4) is 11.8 Å². The van der Waals surface area contributed by atoms with Gasteiger partial charge in [0.2, 0.25) is 0 Å². The van der Waals surface area contributed by atoms with Gasteiger partial charge in [0, 0.05) is 5.69 Å². The summed E-state index contributed by atoms with van der Waals surface area (Å²) in [6.07, 6.45) is 0. The van der Waals surface area contributed by atoms with Gasteiger partial charge in [-0.1, -0.05) is 6.07 Å². The minimum Gasteiger partial charge on any atom is -0.495 e. The summed E-state index contributed by atoms with van der Waals surface area (Å²) in [4.78, 5) is 0.104. The molecule has 0 fully saturated rings. The molecule has 0 saturated carbocycles. The predicted molar refractivity (Wildman–Crippen MR) is 78.6 cm³/mol. The number of methoxy groups -OCH3 is 1. The highest BCUT2D eigenvalue weighted by molar-refractivity contribution is 7.84. The van der Waals surface area contributed by atoms with Crippen molar-refractivity contribution in [1.29, 1.82) is 5.26 Å². The third-order valence-corrected chi connectivity index (χ3v) is 4.30. The maximum atomic E-state index is 13.7. The Morgan fingerprint density at radius 1 is 1.33 bits per heavy atom. The molecular formula is C15H13FN2O2S. The van der Waals surface area contributed by atoms with Gasteiger partial charge in [-0.3, -0.25) is 4.21 Å². The second-order valence-corrected chi connectivity index (χ2v) is 5.75. The number of benzene rings is 2. The molecule has 2 aromatic rings. The lowest BCUT2D eigenvalue weighted by molar-refractivity contribution is 0.413. The Hall–Kier alpha value is -2.39. The van der Waals surface area contributed by atoms with Crippen LogP contribution < -0.4 is 10.5 Å². The molecule has 4 nitrogen and oxygen atoms in total. The van der Waals surface area contributed by atoms with Crippen LogP contribution in [0.25, 0.3) is 0 Å². The molecule has 2 N–H and O–H groups in total. The number of nitrogens with zero attached hydrogens (tertiary/aromatic N) is 1. The fourth-order valence-electron chi connectivity index (χ4n) is 1.85. The predicted octanol–water partition coefficient (Wildman–Crippen LogP) is 2.60. The van der Waals surface area contributed by atoms with E-state index in [9.17, 15) is 8.60 Å². The lowest BCUT2D eigenvalue weighted by Gasteiger charge is -2.07. The minimum atomic E-state index is -1.54. The molecule has 0 aromatic heterocycles. The minimum absolute atomic E-state index is 0.104. The molecular weight excluding hydrogens is 291 g/mol. The van der Waals surface area contributed by atoms with Crippen LogP contribution in [0, 0.1) is 17.1 Å². The van der Waals surface area contributed by atoms with E-state index in [1.807, 2.05) is 6.07 Å². The van der Waals surface area contributed by atoms with Crippen LogP contribution in [-0.4, -0.2) is 11.3 Å². The smallest absolute Gasteiger partial charge is 0.141 e. The monoisotopic (exact) mass is 304 g/mol. The molecule has 1 atom stereocenters. The van der Waals surface area contributed by atoms with Gasteiger partial charge in [-0.2, -0.15) is 5.26 Å². The van der Waals surface area contributed by atoms with E-state index in [1.54, 1.807) is 18.2 Å². The van der Waals surface area contributed by atoms with E-state index in [4.69, 9.17) is 15.7 Å². The Morgan fingerprint density at radius 3 is 2.71 bits per heavy atom. The van der Waals surface area contributed by atoms with E-state index in [1.165, 1.54) is 19.2 Å². The van der Waals surface area contributed by atoms with Gasteiger partial charge in [-0.25, -0.2) is 4.39 Å². The van der Waals surface area contributed by atoms with Crippen molar-refractivity contribution in [2.75, 3.05) is 12.8 Å². The lowest BCUT2D eigenvalue weighted by atomic mass is 10.1. The molecule has 1 unspecified atom stereocenters. The molecule has 0 saturated heterocycles. The van der Waals surface area contributed by atoms with Crippen LogP contribution >= 0.6 is 0 Å². The Labute approximate surface area is 124 Å². The Balaban J connectivity index is 2.26. The average molecular weight is 304 g/mol. The summed E-state index contributed by atoms with van der Waals surface area (Å²) in [6, 6.07) is 11.0. The summed E-state index contributed by atoms with van der Waals surface area (Å²) in [5.41, 5.74) is 6.84. The van der Waals surface area contributed by atoms with E-state index in [0.29, 0.717) is 16.9 Å². The zero-order valence-electron chi connectivity index (χ0n) is 11.3. The van der Waals surface area contributed by atoms with E-state index < -0.39 is 16.6 Å². The van der Waals surface area contributed by atoms with Crippen molar-refractivity contribution in [3.05, 3.63) is 53.3 Å². The fraction of sp³-hybridized carbons (Fsp3) is 0.133. The number of rotatable bonds is 4. The van der Waals surface area contributed by atoms with Crippen LogP contribution in [0.3, 0.4) is 0 Å². The second-order valence-electron chi connectivity index (χ2n) is 4.33. The van der Waals surface area contributed by atoms with Gasteiger partial charge in [-0.15, -0.1) is 0 Å². The van der Waals surface area contributed by atoms with Crippen molar-refractivity contribution >= 4 is 16.5 Å². The van der Waals surface area contributed by atoms with E-state index in [-0.39, 0.29) is 16.3 Å². The van der Waals surface area contributed by atoms with E-state index >= 15 is 0 Å². The summed E-state index contributed by atoms with van der Waals surface area (Å²) in [5.74, 6) is -0.0539. The van der Waals surface area contributed by atoms with Crippen LogP contribution in [0.15, 0.2) is 41.3 Å². The molecule has 2 aromatic carbocycles. The number of anilines is 1. The number of ether oxygens (including phenoxy) is 1. The third kappa shape index (κ3) is 3.38. The second kappa shape index (κ2) is 6.37. The van der Waals surface area contributed by atoms with Gasteiger partial charge in [0.05, 0.1) is 34.1 Å². The zero-order chi connectivity index (χ0) is 15.4. The van der Waals surface area contributed by atoms with Crippen LogP contribution in [0.1, 0.15) is 11.1 Å². The normalized spacial score (nSPS) is 11.7. The van der Waals surface area contributed by atoms with Gasteiger partial charge in [0.25, 0.3) is 0 Å². The van der Waals surface area contributed by atoms with Crippen LogP contribution in [-0.2, 0) is 16.6 Å². The Kier molecular flexibility index (Phi) is 4.55. The SMILES string of the molecule is COc1cc(CS(=O)c2ccc(N)cc2F)ccc1C#N. The fourth-order valence-corrected chi connectivity index (χ4v) is 2.98. The van der Waals surface area contributed by atoms with Crippen molar-refractivity contribution in [2.24, 2.45) is 0 Å². The summed E-state index contributed by atoms with van der Waals surface area (Å²) >= 11 is 0. The topological polar surface area (TPSA) is 76.1 Å². The first kappa shape index (κ1) is 15.0. The van der Waals surface area contributed by atoms with Crippen molar-refractivity contribution in [1.82, 2.24) is 0 Å². The molecule has 6 heteroatoms. The average Bonchev–Trinajstić information content (AvgIpc) is 2.46. The van der Waals surface area contributed by atoms with E-state index in [2.05, 4.69) is 0 Å². The third-order valence-electron chi connectivity index (χ3n) is 2.89. The molecule has 0 amide bonds. The van der Waals surface area contributed by atoms with Gasteiger partial charge in [0.15, 0.2) is 0 Å². The quantitative estimate of drug-likeness (QED) is 0.881. The largest absolute Gasteiger partial charge is 0.495 e. The van der Waals surface area contributed by atoms with Gasteiger partial charge in [0.1, 0.15) is 17.6 Å². The Morgan fingerprint density at radius 2 is 2.10 bits per heavy atom. The van der Waals surface area contributed by atoms with Gasteiger partial charge < -0.3 is 10.5 Å². The molecule has 0 heterocycles. The van der Waals surface area contributed by atoms with Crippen LogP contribution in [0.2, 0.25) is 0 Å². The molecule has 0 radical (unpaired) electrons. The van der Waals surface area contributed by atoms with Gasteiger partial charge in [-0.05, 0) is 35.9 Å². The number of hydrogen-bond donors (Lipinski definition) is 1. The molecule has 0 aliphatic heterocycles. The lowest BCUT2D eigenvalue weighted by Crippen LogP contribution is -2.01. The number of nitrogen functional groups attached to an aromatic ring is 1. The van der Waals surface area contributed by atoms with Crippen molar-refractivity contribution in [3.63, 3.8) is 0 Å². The molecule has 21 heavy (non-hydrogen) atoms. The highest BCUT2D eigenvalue weighted by atomic mass is 32.2. The first-order chi connectivity index (χ1) is 10.0. The maximum Gasteiger partial charge on any atom is 0.141 e. The first-order valence-corrected chi connectivity index (χ1v) is 7.37. The number of nitriles is 1. The van der Waals surface area contributed by atoms with Gasteiger partial charge >= 0.3 is 0 Å². The molecule has 0 bridgehead atoms. The molecule has 0 spiro atoms. The molecule has 0 aliphatic carbocycles. The summed E-state index contributed by atoms with van der Waals surface area (Å²) < 4.78 is 31.0. The van der Waals surface area contributed by atoms with Crippen LogP contribution in [0.4, 0.5) is 10.1 Å². The number of halogens is 1. The zero-order valence-corrected chi connectivity index (χ0v) is 12.1. The van der Waals surface area contributed by atoms with Crippen molar-refractivity contribution in [2.45, 2.75) is 10.6 Å². The standard InChI is InChI=1S/C15H13FN2O2S/c1-20-14-6-10(2-3-11(14)8-17)9-21(19)15-5-4-12(18)7-13(15)16/h2-7H,9,18H2,1H3. The molecule has 0 aliphatic rings. The summed E-state index contributed by atoms with van der Waals surface area (Å²) in [7, 11) is -0.0871. The van der Waals surface area contributed by atoms with E-state index in [0.717, 1.165) is 6.07 Å². The van der Waals surface area contributed by atoms with Crippen LogP contribution in [0.5, 0.6) is 5.75 Å². The molecule has 2 rings (SSSR count). The summed E-state index contributed by atoms with van der Waals surface area (Å²) in [6.45, 7) is 0.